The molecule has 0 radical (unpaired) electrons. The maximum atomic E-state index is 14.2. The van der Waals surface area contributed by atoms with Gasteiger partial charge in [-0.05, 0) is 48.9 Å². The first kappa shape index (κ1) is 19.3. The summed E-state index contributed by atoms with van der Waals surface area (Å²) in [5.41, 5.74) is 0.425. The van der Waals surface area contributed by atoms with Crippen LogP contribution >= 0.6 is 11.6 Å². The van der Waals surface area contributed by atoms with Gasteiger partial charge >= 0.3 is 6.61 Å². The molecule has 3 rings (SSSR count). The monoisotopic (exact) mass is 395 g/mol. The highest BCUT2D eigenvalue weighted by Crippen LogP contribution is 2.41. The lowest BCUT2D eigenvalue weighted by molar-refractivity contribution is -0.0498. The Bertz CT molecular complexity index is 865. The molecule has 0 saturated heterocycles. The zero-order valence-corrected chi connectivity index (χ0v) is 15.2. The number of nitrogens with one attached hydrogen (secondary N) is 1. The first-order chi connectivity index (χ1) is 13.0. The minimum Gasteiger partial charge on any atom is -0.435 e. The van der Waals surface area contributed by atoms with Crippen molar-refractivity contribution in [3.63, 3.8) is 0 Å². The van der Waals surface area contributed by atoms with E-state index < -0.39 is 12.4 Å². The van der Waals surface area contributed by atoms with E-state index in [-0.39, 0.29) is 22.5 Å². The molecule has 0 aliphatic heterocycles. The molecule has 2 atom stereocenters. The maximum Gasteiger partial charge on any atom is 0.387 e. The van der Waals surface area contributed by atoms with Crippen LogP contribution < -0.4 is 10.1 Å². The predicted molar refractivity (Wildman–Crippen MR) is 96.7 cm³/mol. The second-order valence-corrected chi connectivity index (χ2v) is 6.55. The molecule has 1 aromatic carbocycles. The van der Waals surface area contributed by atoms with Crippen molar-refractivity contribution in [3.05, 3.63) is 41.1 Å². The summed E-state index contributed by atoms with van der Waals surface area (Å²) in [6.45, 7) is -0.776. The van der Waals surface area contributed by atoms with Gasteiger partial charge in [-0.2, -0.15) is 18.2 Å². The Morgan fingerprint density at radius 2 is 2.04 bits per heavy atom. The lowest BCUT2D eigenvalue weighted by atomic mass is 10.2. The number of aromatic nitrogens is 2. The molecule has 1 saturated carbocycles. The molecule has 1 aliphatic rings. The van der Waals surface area contributed by atoms with Crippen molar-refractivity contribution in [2.24, 2.45) is 11.8 Å². The maximum absolute atomic E-state index is 14.2. The van der Waals surface area contributed by atoms with Crippen LogP contribution in [0.2, 0.25) is 5.15 Å². The quantitative estimate of drug-likeness (QED) is 0.525. The van der Waals surface area contributed by atoms with Crippen molar-refractivity contribution in [2.75, 3.05) is 5.32 Å². The zero-order chi connectivity index (χ0) is 19.4. The number of anilines is 2. The molecule has 0 amide bonds. The van der Waals surface area contributed by atoms with E-state index in [4.69, 9.17) is 11.6 Å². The van der Waals surface area contributed by atoms with E-state index in [1.807, 2.05) is 0 Å². The van der Waals surface area contributed by atoms with Crippen molar-refractivity contribution >= 4 is 23.1 Å². The van der Waals surface area contributed by atoms with E-state index in [1.54, 1.807) is 0 Å². The first-order valence-corrected chi connectivity index (χ1v) is 8.90. The molecule has 1 fully saturated rings. The zero-order valence-electron chi connectivity index (χ0n) is 14.5. The minimum atomic E-state index is -2.91. The van der Waals surface area contributed by atoms with E-state index in [0.29, 0.717) is 17.5 Å². The van der Waals surface area contributed by atoms with Gasteiger partial charge in [0.2, 0.25) is 11.6 Å². The van der Waals surface area contributed by atoms with Crippen LogP contribution in [0.1, 0.15) is 32.0 Å². The number of ether oxygens (including phenoxy) is 1. The van der Waals surface area contributed by atoms with Gasteiger partial charge in [0, 0.05) is 11.6 Å². The average Bonchev–Trinajstić information content (AvgIpc) is 3.37. The lowest BCUT2D eigenvalue weighted by Gasteiger charge is -2.09. The fraction of sp³-hybridized carbons (Fsp3) is 0.368. The molecule has 0 bridgehead atoms. The molecule has 1 N–H and O–H groups in total. The number of nitrogens with zero attached hydrogens (tertiary/aromatic N) is 2. The Morgan fingerprint density at radius 1 is 1.30 bits per heavy atom. The van der Waals surface area contributed by atoms with Gasteiger partial charge in [-0.25, -0.2) is 4.98 Å². The highest BCUT2D eigenvalue weighted by molar-refractivity contribution is 6.29. The molecule has 27 heavy (non-hydrogen) atoms. The lowest BCUT2D eigenvalue weighted by Crippen LogP contribution is -2.03. The van der Waals surface area contributed by atoms with E-state index in [1.165, 1.54) is 24.3 Å². The van der Waals surface area contributed by atoms with Gasteiger partial charge in [0.25, 0.3) is 0 Å². The number of hydrogen-bond acceptors (Lipinski definition) is 4. The Morgan fingerprint density at radius 3 is 2.70 bits per heavy atom. The molecule has 142 valence electrons. The summed E-state index contributed by atoms with van der Waals surface area (Å²) < 4.78 is 42.8. The van der Waals surface area contributed by atoms with Crippen LogP contribution in [0.15, 0.2) is 24.3 Å². The Balaban J connectivity index is 1.73. The Labute approximate surface area is 160 Å². The largest absolute Gasteiger partial charge is 0.435 e. The highest BCUT2D eigenvalue weighted by Gasteiger charge is 2.34. The standard InChI is InChI=1S/C19H17ClF3N3O/c1-2-3-11-10-12(11)4-9-15-25-17(20)16(21)18(26-15)24-13-5-7-14(8-6-13)27-19(22)23/h5-8,11-12,19H,2-3,10H2,1H3,(H,24,25,26). The van der Waals surface area contributed by atoms with Crippen LogP contribution in [0.4, 0.5) is 24.7 Å². The molecule has 2 unspecified atom stereocenters. The third-order valence-electron chi connectivity index (χ3n) is 4.10. The molecule has 1 heterocycles. The second-order valence-electron chi connectivity index (χ2n) is 6.19. The Hall–Kier alpha value is -2.46. The van der Waals surface area contributed by atoms with Crippen LogP contribution in [0.5, 0.6) is 5.75 Å². The summed E-state index contributed by atoms with van der Waals surface area (Å²) >= 11 is 5.84. The number of benzene rings is 1. The SMILES string of the molecule is CCCC1CC1C#Cc1nc(Cl)c(F)c(Nc2ccc(OC(F)F)cc2)n1. The molecule has 2 aromatic rings. The first-order valence-electron chi connectivity index (χ1n) is 8.52. The van der Waals surface area contributed by atoms with Crippen molar-refractivity contribution in [3.8, 4) is 17.6 Å². The average molecular weight is 396 g/mol. The summed E-state index contributed by atoms with van der Waals surface area (Å²) in [6, 6.07) is 5.57. The van der Waals surface area contributed by atoms with Crippen LogP contribution in [-0.4, -0.2) is 16.6 Å². The van der Waals surface area contributed by atoms with Gasteiger partial charge in [0.05, 0.1) is 0 Å². The number of hydrogen-bond donors (Lipinski definition) is 1. The van der Waals surface area contributed by atoms with Crippen molar-refractivity contribution in [1.82, 2.24) is 9.97 Å². The fourth-order valence-electron chi connectivity index (χ4n) is 2.69. The topological polar surface area (TPSA) is 47.0 Å². The molecule has 1 aromatic heterocycles. The van der Waals surface area contributed by atoms with Gasteiger partial charge in [-0.15, -0.1) is 0 Å². The minimum absolute atomic E-state index is 0.00522. The van der Waals surface area contributed by atoms with E-state index in [2.05, 4.69) is 38.8 Å². The molecular formula is C19H17ClF3N3O. The van der Waals surface area contributed by atoms with Gasteiger partial charge in [0.15, 0.2) is 11.0 Å². The molecular weight excluding hydrogens is 379 g/mol. The van der Waals surface area contributed by atoms with E-state index in [9.17, 15) is 13.2 Å². The molecule has 0 spiro atoms. The third-order valence-corrected chi connectivity index (χ3v) is 4.35. The molecule has 8 heteroatoms. The van der Waals surface area contributed by atoms with Gasteiger partial charge < -0.3 is 10.1 Å². The van der Waals surface area contributed by atoms with Crippen LogP contribution in [0.25, 0.3) is 0 Å². The fourth-order valence-corrected chi connectivity index (χ4v) is 2.86. The summed E-state index contributed by atoms with van der Waals surface area (Å²) in [6.07, 6.45) is 3.33. The summed E-state index contributed by atoms with van der Waals surface area (Å²) in [4.78, 5) is 7.92. The van der Waals surface area contributed by atoms with Gasteiger partial charge in [-0.3, -0.25) is 0 Å². The van der Waals surface area contributed by atoms with Crippen LogP contribution in [0.3, 0.4) is 0 Å². The third kappa shape index (κ3) is 5.27. The molecule has 4 nitrogen and oxygen atoms in total. The van der Waals surface area contributed by atoms with E-state index >= 15 is 0 Å². The van der Waals surface area contributed by atoms with Crippen LogP contribution in [0, 0.1) is 29.5 Å². The highest BCUT2D eigenvalue weighted by atomic mass is 35.5. The number of rotatable bonds is 6. The normalized spacial score (nSPS) is 18.0. The van der Waals surface area contributed by atoms with Crippen molar-refractivity contribution < 1.29 is 17.9 Å². The number of halogens is 4. The van der Waals surface area contributed by atoms with E-state index in [0.717, 1.165) is 19.3 Å². The van der Waals surface area contributed by atoms with Crippen molar-refractivity contribution in [2.45, 2.75) is 32.8 Å². The smallest absolute Gasteiger partial charge is 0.387 e. The molecule has 1 aliphatic carbocycles. The summed E-state index contributed by atoms with van der Waals surface area (Å²) in [7, 11) is 0. The van der Waals surface area contributed by atoms with Gasteiger partial charge in [0.1, 0.15) is 5.75 Å². The van der Waals surface area contributed by atoms with Crippen molar-refractivity contribution in [1.29, 1.82) is 0 Å². The predicted octanol–water partition coefficient (Wildman–Crippen LogP) is 5.40. The summed E-state index contributed by atoms with van der Waals surface area (Å²) in [5, 5.41) is 2.41. The number of alkyl halides is 2. The Kier molecular flexibility index (Phi) is 6.07. The second kappa shape index (κ2) is 8.49. The van der Waals surface area contributed by atoms with Crippen LogP contribution in [-0.2, 0) is 0 Å². The summed E-state index contributed by atoms with van der Waals surface area (Å²) in [5.74, 6) is 6.07. The van der Waals surface area contributed by atoms with Gasteiger partial charge in [-0.1, -0.05) is 30.9 Å².